The van der Waals surface area contributed by atoms with Crippen molar-refractivity contribution in [3.8, 4) is 33.6 Å². The predicted octanol–water partition coefficient (Wildman–Crippen LogP) is 8.08. The van der Waals surface area contributed by atoms with Gasteiger partial charge in [0.15, 0.2) is 10.3 Å². The minimum Gasteiger partial charge on any atom is -0.378 e. The van der Waals surface area contributed by atoms with Crippen LogP contribution in [0.5, 0.6) is 0 Å². The Kier molecular flexibility index (Phi) is 9.63. The molecule has 8 rings (SSSR count). The van der Waals surface area contributed by atoms with Gasteiger partial charge in [-0.25, -0.2) is 19.9 Å². The van der Waals surface area contributed by atoms with Crippen molar-refractivity contribution in [2.45, 2.75) is 13.8 Å². The van der Waals surface area contributed by atoms with Crippen molar-refractivity contribution in [3.05, 3.63) is 94.9 Å². The lowest BCUT2D eigenvalue weighted by Crippen LogP contribution is -2.44. The zero-order valence-corrected chi connectivity index (χ0v) is 30.7. The summed E-state index contributed by atoms with van der Waals surface area (Å²) < 4.78 is 5.50. The Bertz CT molecular complexity index is 2100. The van der Waals surface area contributed by atoms with Crippen LogP contribution in [0.2, 0.25) is 0 Å². The lowest BCUT2D eigenvalue weighted by atomic mass is 10.1. The molecule has 2 aliphatic heterocycles. The molecule has 2 fully saturated rings. The zero-order valence-electron chi connectivity index (χ0n) is 29.1. The minimum atomic E-state index is 0.733. The van der Waals surface area contributed by atoms with Gasteiger partial charge in [-0.05, 0) is 75.0 Å². The fourth-order valence-corrected chi connectivity index (χ4v) is 7.93. The summed E-state index contributed by atoms with van der Waals surface area (Å²) in [7, 11) is 2.18. The normalized spacial score (nSPS) is 15.3. The van der Waals surface area contributed by atoms with Crippen LogP contribution in [-0.2, 0) is 4.74 Å². The molecule has 0 radical (unpaired) electrons. The van der Waals surface area contributed by atoms with E-state index in [1.165, 1.54) is 11.4 Å². The number of nitrogens with one attached hydrogen (secondary N) is 2. The average Bonchev–Trinajstić information content (AvgIpc) is 3.82. The van der Waals surface area contributed by atoms with E-state index in [9.17, 15) is 0 Å². The Morgan fingerprint density at radius 2 is 1.18 bits per heavy atom. The summed E-state index contributed by atoms with van der Waals surface area (Å²) in [5.74, 6) is 1.49. The summed E-state index contributed by atoms with van der Waals surface area (Å²) in [5, 5.41) is 12.8. The predicted molar refractivity (Wildman–Crippen MR) is 211 cm³/mol. The number of hydrogen-bond donors (Lipinski definition) is 2. The van der Waals surface area contributed by atoms with Crippen LogP contribution in [0.3, 0.4) is 0 Å². The molecule has 10 nitrogen and oxygen atoms in total. The lowest BCUT2D eigenvalue weighted by molar-refractivity contribution is 0.122. The van der Waals surface area contributed by atoms with E-state index in [0.29, 0.717) is 0 Å². The quantitative estimate of drug-likeness (QED) is 0.153. The molecular formula is C39H41N9OS2. The molecule has 0 unspecified atom stereocenters. The Labute approximate surface area is 306 Å². The fraction of sp³-hybridized carbons (Fsp3) is 0.282. The number of nitrogens with zero attached hydrogens (tertiary/aromatic N) is 7. The lowest BCUT2D eigenvalue weighted by Gasteiger charge is -2.34. The van der Waals surface area contributed by atoms with Gasteiger partial charge in [0.2, 0.25) is 0 Å². The molecule has 51 heavy (non-hydrogen) atoms. The Morgan fingerprint density at radius 3 is 1.80 bits per heavy atom. The maximum absolute atomic E-state index is 5.50. The highest BCUT2D eigenvalue weighted by molar-refractivity contribution is 7.14. The maximum atomic E-state index is 5.50. The summed E-state index contributed by atoms with van der Waals surface area (Å²) >= 11 is 3.15. The highest BCUT2D eigenvalue weighted by Gasteiger charge is 2.17. The van der Waals surface area contributed by atoms with Crippen molar-refractivity contribution >= 4 is 55.9 Å². The molecule has 2 N–H and O–H groups in total. The van der Waals surface area contributed by atoms with Gasteiger partial charge in [-0.3, -0.25) is 0 Å². The summed E-state index contributed by atoms with van der Waals surface area (Å²) in [6, 6.07) is 25.7. The molecule has 2 aromatic carbocycles. The number of hydrogen-bond acceptors (Lipinski definition) is 12. The van der Waals surface area contributed by atoms with Crippen LogP contribution >= 0.6 is 22.7 Å². The van der Waals surface area contributed by atoms with E-state index in [4.69, 9.17) is 24.7 Å². The first-order valence-electron chi connectivity index (χ1n) is 17.3. The molecule has 0 amide bonds. The molecule has 6 heterocycles. The number of benzene rings is 2. The zero-order chi connectivity index (χ0) is 34.7. The second-order valence-electron chi connectivity index (χ2n) is 13.0. The molecule has 0 aliphatic carbocycles. The third-order valence-corrected chi connectivity index (χ3v) is 10.9. The number of aryl methyl sites for hydroxylation is 2. The Hall–Kier alpha value is -4.88. The number of thiazole rings is 2. The summed E-state index contributed by atoms with van der Waals surface area (Å²) in [5.41, 5.74) is 10.4. The number of likely N-dealkylation sites (N-methyl/N-ethyl adjacent to an activating group) is 1. The summed E-state index contributed by atoms with van der Waals surface area (Å²) in [6.45, 7) is 11.7. The Balaban J connectivity index is 0.974. The monoisotopic (exact) mass is 715 g/mol. The van der Waals surface area contributed by atoms with Gasteiger partial charge in [-0.1, -0.05) is 24.3 Å². The molecule has 6 aromatic rings. The molecule has 260 valence electrons. The number of morpholine rings is 1. The van der Waals surface area contributed by atoms with Gasteiger partial charge in [0, 0.05) is 89.5 Å². The Morgan fingerprint density at radius 1 is 0.588 bits per heavy atom. The average molecular weight is 716 g/mol. The van der Waals surface area contributed by atoms with E-state index in [2.05, 4.69) is 110 Å². The summed E-state index contributed by atoms with van der Waals surface area (Å²) in [4.78, 5) is 26.7. The van der Waals surface area contributed by atoms with Crippen LogP contribution in [0, 0.1) is 13.8 Å². The molecule has 4 aromatic heterocycles. The first-order chi connectivity index (χ1) is 24.9. The van der Waals surface area contributed by atoms with Gasteiger partial charge in [-0.15, -0.1) is 22.7 Å². The molecule has 0 bridgehead atoms. The van der Waals surface area contributed by atoms with Gasteiger partial charge in [-0.2, -0.15) is 0 Å². The van der Waals surface area contributed by atoms with Gasteiger partial charge in [0.1, 0.15) is 11.6 Å². The molecule has 2 aliphatic rings. The van der Waals surface area contributed by atoms with Crippen LogP contribution in [0.25, 0.3) is 33.6 Å². The van der Waals surface area contributed by atoms with Gasteiger partial charge < -0.3 is 30.1 Å². The first-order valence-corrected chi connectivity index (χ1v) is 19.1. The van der Waals surface area contributed by atoms with E-state index >= 15 is 0 Å². The van der Waals surface area contributed by atoms with Crippen LogP contribution in [-0.4, -0.2) is 84.4 Å². The van der Waals surface area contributed by atoms with Gasteiger partial charge >= 0.3 is 0 Å². The first kappa shape index (κ1) is 33.3. The van der Waals surface area contributed by atoms with Crippen LogP contribution in [0.4, 0.5) is 33.3 Å². The molecular weight excluding hydrogens is 675 g/mol. The number of rotatable bonds is 9. The van der Waals surface area contributed by atoms with E-state index in [1.807, 2.05) is 19.9 Å². The highest BCUT2D eigenvalue weighted by Crippen LogP contribution is 2.35. The van der Waals surface area contributed by atoms with Gasteiger partial charge in [0.05, 0.1) is 24.6 Å². The van der Waals surface area contributed by atoms with Crippen molar-refractivity contribution in [1.82, 2.24) is 24.8 Å². The maximum Gasteiger partial charge on any atom is 0.188 e. The number of piperazine rings is 1. The minimum absolute atomic E-state index is 0.733. The molecule has 0 spiro atoms. The van der Waals surface area contributed by atoms with E-state index < -0.39 is 0 Å². The highest BCUT2D eigenvalue weighted by atomic mass is 32.1. The molecule has 12 heteroatoms. The number of anilines is 6. The smallest absolute Gasteiger partial charge is 0.188 e. The molecule has 0 atom stereocenters. The van der Waals surface area contributed by atoms with Crippen molar-refractivity contribution in [2.24, 2.45) is 0 Å². The topological polar surface area (TPSA) is 94.6 Å². The van der Waals surface area contributed by atoms with Crippen molar-refractivity contribution in [3.63, 3.8) is 0 Å². The third-order valence-electron chi connectivity index (χ3n) is 9.34. The molecule has 0 saturated carbocycles. The van der Waals surface area contributed by atoms with E-state index in [0.717, 1.165) is 119 Å². The van der Waals surface area contributed by atoms with E-state index in [1.54, 1.807) is 22.7 Å². The summed E-state index contributed by atoms with van der Waals surface area (Å²) in [6.07, 6.45) is 0. The number of ether oxygens (including phenoxy) is 1. The van der Waals surface area contributed by atoms with Crippen molar-refractivity contribution in [1.29, 1.82) is 0 Å². The van der Waals surface area contributed by atoms with Crippen LogP contribution in [0.1, 0.15) is 11.4 Å². The second kappa shape index (κ2) is 14.8. The van der Waals surface area contributed by atoms with Gasteiger partial charge in [0.25, 0.3) is 0 Å². The largest absolute Gasteiger partial charge is 0.378 e. The van der Waals surface area contributed by atoms with Crippen molar-refractivity contribution in [2.75, 3.05) is 80.0 Å². The standard InChI is InChI=1S/C39H41N9OS2/c1-26-4-13-33(37(41-26)45-39-43-35(25-51-39)29-5-9-31(10-6-29)47-16-14-46(3)15-17-47)30-22-27(2)40-36(23-30)44-38-42-34(24-50-38)28-7-11-32(12-8-28)48-18-20-49-21-19-48/h4-13,22-25H,14-21H2,1-3H3,(H,40,42,44)(H,41,43,45). The second-order valence-corrected chi connectivity index (χ2v) is 14.8. The van der Waals surface area contributed by atoms with E-state index in [-0.39, 0.29) is 0 Å². The number of aromatic nitrogens is 4. The third kappa shape index (κ3) is 7.74. The fourth-order valence-electron chi connectivity index (χ4n) is 6.48. The number of pyridine rings is 2. The van der Waals surface area contributed by atoms with Crippen molar-refractivity contribution < 1.29 is 4.74 Å². The molecule has 2 saturated heterocycles. The SMILES string of the molecule is Cc1cc(-c2ccc(C)nc2Nc2nc(-c3ccc(N4CCN(C)CC4)cc3)cs2)cc(Nc2nc(-c3ccc(N4CCOCC4)cc3)cs2)n1. The van der Waals surface area contributed by atoms with Crippen LogP contribution < -0.4 is 20.4 Å². The van der Waals surface area contributed by atoms with Crippen LogP contribution in [0.15, 0.2) is 83.6 Å².